The van der Waals surface area contributed by atoms with Gasteiger partial charge in [-0.25, -0.2) is 0 Å². The molecule has 0 saturated heterocycles. The maximum Gasteiger partial charge on any atom is 0.242 e. The first-order valence-corrected chi connectivity index (χ1v) is 8.36. The van der Waals surface area contributed by atoms with Crippen LogP contribution in [-0.4, -0.2) is 15.4 Å². The molecule has 1 rings (SSSR count). The fourth-order valence-corrected chi connectivity index (χ4v) is 2.05. The number of methoxy groups -OCH3 is 1. The number of ether oxygens (including phenoxy) is 1. The summed E-state index contributed by atoms with van der Waals surface area (Å²) < 4.78 is 11.2. The minimum atomic E-state index is -1.60. The third-order valence-electron chi connectivity index (χ3n) is 1.84. The van der Waals surface area contributed by atoms with E-state index in [0.29, 0.717) is 0 Å². The molecule has 0 aliphatic rings. The molecule has 82 valence electrons. The van der Waals surface area contributed by atoms with Crippen LogP contribution in [0.3, 0.4) is 0 Å². The van der Waals surface area contributed by atoms with Crippen LogP contribution in [-0.2, 0) is 0 Å². The summed E-state index contributed by atoms with van der Waals surface area (Å²) in [6, 6.07) is 5.83. The average molecular weight is 222 g/mol. The van der Waals surface area contributed by atoms with Crippen LogP contribution in [0.5, 0.6) is 11.5 Å². The van der Waals surface area contributed by atoms with Gasteiger partial charge in [0.1, 0.15) is 5.75 Å². The second-order valence-electron chi connectivity index (χ2n) is 4.33. The molecule has 0 aromatic heterocycles. The molecule has 0 saturated carbocycles. The zero-order valence-corrected chi connectivity index (χ0v) is 10.8. The highest BCUT2D eigenvalue weighted by Crippen LogP contribution is 2.30. The average Bonchev–Trinajstić information content (AvgIpc) is 2.15. The largest absolute Gasteiger partial charge is 0.542 e. The van der Waals surface area contributed by atoms with Crippen LogP contribution in [0.1, 0.15) is 5.56 Å². The molecule has 0 amide bonds. The number of hydrogen-bond acceptors (Lipinski definition) is 2. The minimum Gasteiger partial charge on any atom is -0.542 e. The number of hydrogen-bond donors (Lipinski definition) is 0. The van der Waals surface area contributed by atoms with Crippen LogP contribution < -0.4 is 9.16 Å². The highest BCUT2D eigenvalue weighted by molar-refractivity contribution is 6.70. The molecule has 3 heteroatoms. The Morgan fingerprint density at radius 2 is 1.87 bits per heavy atom. The van der Waals surface area contributed by atoms with E-state index in [1.165, 1.54) is 0 Å². The van der Waals surface area contributed by atoms with E-state index in [1.807, 2.05) is 18.2 Å². The summed E-state index contributed by atoms with van der Waals surface area (Å²) in [5.74, 6) is 1.59. The molecule has 0 aliphatic heterocycles. The Balaban J connectivity index is 3.06. The summed E-state index contributed by atoms with van der Waals surface area (Å²) in [4.78, 5) is 0. The second-order valence-corrected chi connectivity index (χ2v) is 8.76. The van der Waals surface area contributed by atoms with Crippen molar-refractivity contribution in [2.24, 2.45) is 0 Å². The van der Waals surface area contributed by atoms with Crippen molar-refractivity contribution in [3.05, 3.63) is 30.3 Å². The highest BCUT2D eigenvalue weighted by Gasteiger charge is 2.18. The molecule has 0 bridgehead atoms. The first kappa shape index (κ1) is 11.8. The minimum absolute atomic E-state index is 0.781. The Labute approximate surface area is 92.7 Å². The zero-order chi connectivity index (χ0) is 11.5. The van der Waals surface area contributed by atoms with Gasteiger partial charge in [0.2, 0.25) is 8.32 Å². The number of rotatable bonds is 4. The van der Waals surface area contributed by atoms with Crippen LogP contribution in [0.15, 0.2) is 24.8 Å². The smallest absolute Gasteiger partial charge is 0.242 e. The molecule has 2 nitrogen and oxygen atoms in total. The Kier molecular flexibility index (Phi) is 3.58. The van der Waals surface area contributed by atoms with Gasteiger partial charge in [-0.15, -0.1) is 0 Å². The van der Waals surface area contributed by atoms with Crippen LogP contribution in [0, 0.1) is 0 Å². The van der Waals surface area contributed by atoms with Gasteiger partial charge in [0.15, 0.2) is 5.75 Å². The van der Waals surface area contributed by atoms with Crippen molar-refractivity contribution < 1.29 is 9.16 Å². The Morgan fingerprint density at radius 3 is 2.33 bits per heavy atom. The van der Waals surface area contributed by atoms with Gasteiger partial charge in [-0.3, -0.25) is 0 Å². The van der Waals surface area contributed by atoms with Gasteiger partial charge < -0.3 is 9.16 Å². The van der Waals surface area contributed by atoms with E-state index < -0.39 is 8.32 Å². The SMILES string of the molecule is C=Cc1ccc(OC)c(O[Si](C)(C)C)c1. The molecule has 15 heavy (non-hydrogen) atoms. The van der Waals surface area contributed by atoms with E-state index >= 15 is 0 Å². The van der Waals surface area contributed by atoms with E-state index in [4.69, 9.17) is 9.16 Å². The molecular weight excluding hydrogens is 204 g/mol. The van der Waals surface area contributed by atoms with Crippen LogP contribution >= 0.6 is 0 Å². The molecule has 0 heterocycles. The van der Waals surface area contributed by atoms with Crippen molar-refractivity contribution in [1.29, 1.82) is 0 Å². The summed E-state index contributed by atoms with van der Waals surface area (Å²) in [5.41, 5.74) is 1.05. The predicted octanol–water partition coefficient (Wildman–Crippen LogP) is 3.55. The molecule has 0 N–H and O–H groups in total. The van der Waals surface area contributed by atoms with E-state index in [2.05, 4.69) is 26.2 Å². The lowest BCUT2D eigenvalue weighted by Gasteiger charge is -2.21. The van der Waals surface area contributed by atoms with Crippen molar-refractivity contribution in [3.8, 4) is 11.5 Å². The molecule has 0 spiro atoms. The maximum absolute atomic E-state index is 5.93. The van der Waals surface area contributed by atoms with Gasteiger partial charge in [0, 0.05) is 0 Å². The summed E-state index contributed by atoms with van der Waals surface area (Å²) in [6.45, 7) is 10.2. The van der Waals surface area contributed by atoms with E-state index in [0.717, 1.165) is 17.1 Å². The van der Waals surface area contributed by atoms with Gasteiger partial charge >= 0.3 is 0 Å². The molecular formula is C12H18O2Si. The third-order valence-corrected chi connectivity index (χ3v) is 2.67. The quantitative estimate of drug-likeness (QED) is 0.725. The fourth-order valence-electron chi connectivity index (χ4n) is 1.23. The van der Waals surface area contributed by atoms with Gasteiger partial charge in [-0.05, 0) is 37.3 Å². The number of benzene rings is 1. The first-order valence-electron chi connectivity index (χ1n) is 4.96. The van der Waals surface area contributed by atoms with Crippen LogP contribution in [0.25, 0.3) is 6.08 Å². The predicted molar refractivity (Wildman–Crippen MR) is 67.1 cm³/mol. The molecule has 0 aliphatic carbocycles. The van der Waals surface area contributed by atoms with Crippen molar-refractivity contribution in [3.63, 3.8) is 0 Å². The molecule has 0 atom stereocenters. The zero-order valence-electron chi connectivity index (χ0n) is 9.83. The van der Waals surface area contributed by atoms with Gasteiger partial charge in [0.05, 0.1) is 7.11 Å². The summed E-state index contributed by atoms with van der Waals surface area (Å²) in [5, 5.41) is 0. The standard InChI is InChI=1S/C12H18O2Si/c1-6-10-7-8-11(13-2)12(9-10)14-15(3,4)5/h6-9H,1H2,2-5H3. The lowest BCUT2D eigenvalue weighted by atomic mass is 10.2. The Bertz CT molecular complexity index is 353. The lowest BCUT2D eigenvalue weighted by molar-refractivity contribution is 0.392. The maximum atomic E-state index is 5.93. The second kappa shape index (κ2) is 4.53. The molecule has 1 aromatic rings. The van der Waals surface area contributed by atoms with E-state index in [-0.39, 0.29) is 0 Å². The fraction of sp³-hybridized carbons (Fsp3) is 0.333. The Morgan fingerprint density at radius 1 is 1.20 bits per heavy atom. The summed E-state index contributed by atoms with van der Waals surface area (Å²) in [7, 11) is 0.0571. The third kappa shape index (κ3) is 3.44. The van der Waals surface area contributed by atoms with Crippen molar-refractivity contribution in [2.75, 3.05) is 7.11 Å². The van der Waals surface area contributed by atoms with E-state index in [1.54, 1.807) is 13.2 Å². The lowest BCUT2D eigenvalue weighted by Crippen LogP contribution is -2.29. The van der Waals surface area contributed by atoms with Gasteiger partial charge in [-0.2, -0.15) is 0 Å². The van der Waals surface area contributed by atoms with Gasteiger partial charge in [-0.1, -0.05) is 18.7 Å². The summed E-state index contributed by atoms with van der Waals surface area (Å²) >= 11 is 0. The summed E-state index contributed by atoms with van der Waals surface area (Å²) in [6.07, 6.45) is 1.80. The molecule has 1 aromatic carbocycles. The Hall–Kier alpha value is -1.22. The van der Waals surface area contributed by atoms with Gasteiger partial charge in [0.25, 0.3) is 0 Å². The van der Waals surface area contributed by atoms with Crippen molar-refractivity contribution in [1.82, 2.24) is 0 Å². The molecule has 0 unspecified atom stereocenters. The monoisotopic (exact) mass is 222 g/mol. The molecule has 0 fully saturated rings. The topological polar surface area (TPSA) is 18.5 Å². The van der Waals surface area contributed by atoms with Crippen molar-refractivity contribution >= 4 is 14.4 Å². The molecule has 0 radical (unpaired) electrons. The normalized spacial score (nSPS) is 10.9. The first-order chi connectivity index (χ1) is 6.96. The van der Waals surface area contributed by atoms with Crippen LogP contribution in [0.4, 0.5) is 0 Å². The van der Waals surface area contributed by atoms with Crippen molar-refractivity contribution in [2.45, 2.75) is 19.6 Å². The van der Waals surface area contributed by atoms with Crippen LogP contribution in [0.2, 0.25) is 19.6 Å². The highest BCUT2D eigenvalue weighted by atomic mass is 28.4. The van der Waals surface area contributed by atoms with E-state index in [9.17, 15) is 0 Å².